The van der Waals surface area contributed by atoms with Gasteiger partial charge in [-0.05, 0) is 18.2 Å². The molecule has 0 radical (unpaired) electrons. The number of hydrogen-bond donors (Lipinski definition) is 0. The third kappa shape index (κ3) is 2.91. The molecular formula is C15H11BrN2S. The lowest BCUT2D eigenvalue weighted by molar-refractivity contribution is 1.05. The molecule has 0 atom stereocenters. The predicted octanol–water partition coefficient (Wildman–Crippen LogP) is 4.56. The lowest BCUT2D eigenvalue weighted by atomic mass is 10.2. The molecule has 2 aromatic heterocycles. The van der Waals surface area contributed by atoms with E-state index in [-0.39, 0.29) is 0 Å². The Balaban J connectivity index is 1.86. The van der Waals surface area contributed by atoms with Crippen LogP contribution in [0.25, 0.3) is 11.3 Å². The van der Waals surface area contributed by atoms with Crippen molar-refractivity contribution in [1.29, 1.82) is 0 Å². The normalized spacial score (nSPS) is 10.6. The van der Waals surface area contributed by atoms with Crippen LogP contribution in [0.5, 0.6) is 0 Å². The van der Waals surface area contributed by atoms with Gasteiger partial charge in [-0.1, -0.05) is 40.2 Å². The van der Waals surface area contributed by atoms with E-state index in [0.717, 1.165) is 32.9 Å². The minimum Gasteiger partial charge on any atom is -0.261 e. The van der Waals surface area contributed by atoms with Crippen molar-refractivity contribution in [2.45, 2.75) is 6.42 Å². The van der Waals surface area contributed by atoms with Crippen molar-refractivity contribution in [1.82, 2.24) is 9.97 Å². The summed E-state index contributed by atoms with van der Waals surface area (Å²) < 4.78 is 1.07. The molecule has 2 heterocycles. The Bertz CT molecular complexity index is 679. The molecular weight excluding hydrogens is 320 g/mol. The number of halogens is 1. The number of thiazole rings is 1. The second-order valence-electron chi connectivity index (χ2n) is 4.10. The zero-order valence-electron chi connectivity index (χ0n) is 10.1. The van der Waals surface area contributed by atoms with Gasteiger partial charge in [0.15, 0.2) is 0 Å². The molecule has 0 aliphatic rings. The van der Waals surface area contributed by atoms with Crippen LogP contribution in [0.3, 0.4) is 0 Å². The molecule has 0 amide bonds. The van der Waals surface area contributed by atoms with Crippen molar-refractivity contribution in [2.75, 3.05) is 0 Å². The molecule has 2 nitrogen and oxygen atoms in total. The summed E-state index contributed by atoms with van der Waals surface area (Å²) in [7, 11) is 0. The third-order valence-corrected chi connectivity index (χ3v) is 4.30. The van der Waals surface area contributed by atoms with Crippen LogP contribution in [0.2, 0.25) is 0 Å². The van der Waals surface area contributed by atoms with Gasteiger partial charge in [-0.15, -0.1) is 11.3 Å². The number of hydrogen-bond acceptors (Lipinski definition) is 3. The average molecular weight is 331 g/mol. The first kappa shape index (κ1) is 12.5. The van der Waals surface area contributed by atoms with Gasteiger partial charge in [0, 0.05) is 33.7 Å². The van der Waals surface area contributed by atoms with Gasteiger partial charge >= 0.3 is 0 Å². The zero-order valence-corrected chi connectivity index (χ0v) is 12.5. The molecule has 0 spiro atoms. The number of rotatable bonds is 3. The highest BCUT2D eigenvalue weighted by atomic mass is 79.9. The summed E-state index contributed by atoms with van der Waals surface area (Å²) in [5, 5.41) is 3.18. The molecule has 1 aromatic carbocycles. The standard InChI is InChI=1S/C15H11BrN2S/c16-13-7-2-1-6-12(13)14-10-19-15(18-14)9-11-5-3-4-8-17-11/h1-8,10H,9H2. The first-order valence-corrected chi connectivity index (χ1v) is 7.59. The largest absolute Gasteiger partial charge is 0.261 e. The maximum Gasteiger partial charge on any atom is 0.0992 e. The Hall–Kier alpha value is -1.52. The summed E-state index contributed by atoms with van der Waals surface area (Å²) >= 11 is 5.24. The summed E-state index contributed by atoms with van der Waals surface area (Å²) in [6.07, 6.45) is 2.60. The maximum absolute atomic E-state index is 4.69. The Kier molecular flexibility index (Phi) is 3.71. The highest BCUT2D eigenvalue weighted by Gasteiger charge is 2.08. The fourth-order valence-corrected chi connectivity index (χ4v) is 3.14. The van der Waals surface area contributed by atoms with Crippen molar-refractivity contribution in [2.24, 2.45) is 0 Å². The van der Waals surface area contributed by atoms with Gasteiger partial charge in [0.25, 0.3) is 0 Å². The summed E-state index contributed by atoms with van der Waals surface area (Å²) in [4.78, 5) is 9.02. The SMILES string of the molecule is Brc1ccccc1-c1csc(Cc2ccccn2)n1. The Morgan fingerprint density at radius 3 is 2.68 bits per heavy atom. The molecule has 19 heavy (non-hydrogen) atoms. The van der Waals surface area contributed by atoms with Gasteiger partial charge in [-0.2, -0.15) is 0 Å². The van der Waals surface area contributed by atoms with Crippen LogP contribution in [0.15, 0.2) is 58.5 Å². The minimum atomic E-state index is 0.788. The molecule has 0 aliphatic carbocycles. The molecule has 0 unspecified atom stereocenters. The monoisotopic (exact) mass is 330 g/mol. The highest BCUT2D eigenvalue weighted by molar-refractivity contribution is 9.10. The van der Waals surface area contributed by atoms with Gasteiger partial charge in [-0.25, -0.2) is 4.98 Å². The second-order valence-corrected chi connectivity index (χ2v) is 5.90. The van der Waals surface area contributed by atoms with Crippen LogP contribution < -0.4 is 0 Å². The Morgan fingerprint density at radius 2 is 1.89 bits per heavy atom. The van der Waals surface area contributed by atoms with Crippen LogP contribution in [-0.4, -0.2) is 9.97 Å². The summed E-state index contributed by atoms with van der Waals surface area (Å²) in [5.74, 6) is 0. The van der Waals surface area contributed by atoms with Gasteiger partial charge in [0.05, 0.1) is 10.7 Å². The first-order valence-electron chi connectivity index (χ1n) is 5.92. The molecule has 94 valence electrons. The first-order chi connectivity index (χ1) is 9.33. The van der Waals surface area contributed by atoms with Gasteiger partial charge in [0.2, 0.25) is 0 Å². The predicted molar refractivity (Wildman–Crippen MR) is 82.3 cm³/mol. The lowest BCUT2D eigenvalue weighted by Gasteiger charge is -1.99. The van der Waals surface area contributed by atoms with Crippen LogP contribution in [0, 0.1) is 0 Å². The van der Waals surface area contributed by atoms with Crippen molar-refractivity contribution in [3.63, 3.8) is 0 Å². The molecule has 0 aliphatic heterocycles. The molecule has 0 N–H and O–H groups in total. The van der Waals surface area contributed by atoms with Crippen molar-refractivity contribution >= 4 is 27.3 Å². The number of benzene rings is 1. The van der Waals surface area contributed by atoms with E-state index in [0.29, 0.717) is 0 Å². The molecule has 0 fully saturated rings. The Labute approximate surface area is 124 Å². The number of nitrogens with zero attached hydrogens (tertiary/aromatic N) is 2. The van der Waals surface area contributed by atoms with E-state index in [2.05, 4.69) is 37.3 Å². The van der Waals surface area contributed by atoms with Gasteiger partial charge < -0.3 is 0 Å². The number of pyridine rings is 1. The topological polar surface area (TPSA) is 25.8 Å². The summed E-state index contributed by atoms with van der Waals surface area (Å²) in [6.45, 7) is 0. The Morgan fingerprint density at radius 1 is 1.05 bits per heavy atom. The van der Waals surface area contributed by atoms with Crippen LogP contribution in [0.4, 0.5) is 0 Å². The highest BCUT2D eigenvalue weighted by Crippen LogP contribution is 2.29. The lowest BCUT2D eigenvalue weighted by Crippen LogP contribution is -1.90. The summed E-state index contributed by atoms with van der Waals surface area (Å²) in [6, 6.07) is 14.1. The van der Waals surface area contributed by atoms with Crippen molar-refractivity contribution < 1.29 is 0 Å². The molecule has 0 saturated heterocycles. The van der Waals surface area contributed by atoms with E-state index in [1.54, 1.807) is 11.3 Å². The van der Waals surface area contributed by atoms with E-state index >= 15 is 0 Å². The fourth-order valence-electron chi connectivity index (χ4n) is 1.84. The molecule has 0 bridgehead atoms. The quantitative estimate of drug-likeness (QED) is 0.703. The third-order valence-electron chi connectivity index (χ3n) is 2.76. The van der Waals surface area contributed by atoms with Crippen molar-refractivity contribution in [3.8, 4) is 11.3 Å². The minimum absolute atomic E-state index is 0.788. The van der Waals surface area contributed by atoms with E-state index < -0.39 is 0 Å². The summed E-state index contributed by atoms with van der Waals surface area (Å²) in [5.41, 5.74) is 3.20. The van der Waals surface area contributed by atoms with Crippen molar-refractivity contribution in [3.05, 3.63) is 69.2 Å². The van der Waals surface area contributed by atoms with Crippen LogP contribution in [-0.2, 0) is 6.42 Å². The molecule has 3 rings (SSSR count). The molecule has 0 saturated carbocycles. The van der Waals surface area contributed by atoms with Crippen LogP contribution in [0.1, 0.15) is 10.7 Å². The fraction of sp³-hybridized carbons (Fsp3) is 0.0667. The zero-order chi connectivity index (χ0) is 13.1. The van der Waals surface area contributed by atoms with E-state index in [9.17, 15) is 0 Å². The second kappa shape index (κ2) is 5.63. The average Bonchev–Trinajstić information content (AvgIpc) is 2.89. The van der Waals surface area contributed by atoms with E-state index in [4.69, 9.17) is 0 Å². The van der Waals surface area contributed by atoms with Gasteiger partial charge in [0.1, 0.15) is 0 Å². The van der Waals surface area contributed by atoms with E-state index in [1.165, 1.54) is 0 Å². The maximum atomic E-state index is 4.69. The molecule has 4 heteroatoms. The van der Waals surface area contributed by atoms with E-state index in [1.807, 2.05) is 42.6 Å². The molecule has 3 aromatic rings. The smallest absolute Gasteiger partial charge is 0.0992 e. The van der Waals surface area contributed by atoms with Gasteiger partial charge in [-0.3, -0.25) is 4.98 Å². The number of aromatic nitrogens is 2. The van der Waals surface area contributed by atoms with Crippen LogP contribution >= 0.6 is 27.3 Å².